The fraction of sp³-hybridized carbons (Fsp3) is 0.391. The number of fused-ring (bicyclic) bond motifs is 2. The van der Waals surface area contributed by atoms with Crippen LogP contribution in [0.1, 0.15) is 47.2 Å². The monoisotopic (exact) mass is 454 g/mol. The smallest absolute Gasteiger partial charge is 0.335 e. The number of rotatable bonds is 4. The van der Waals surface area contributed by atoms with Crippen molar-refractivity contribution in [1.29, 1.82) is 5.26 Å². The van der Waals surface area contributed by atoms with Crippen molar-refractivity contribution in [3.05, 3.63) is 59.2 Å². The van der Waals surface area contributed by atoms with E-state index in [1.165, 1.54) is 30.3 Å². The minimum absolute atomic E-state index is 0.160. The summed E-state index contributed by atoms with van der Waals surface area (Å²) in [6, 6.07) is 12.7. The van der Waals surface area contributed by atoms with E-state index in [1.54, 1.807) is 16.4 Å². The molecule has 0 bridgehead atoms. The van der Waals surface area contributed by atoms with Crippen LogP contribution >= 0.6 is 11.8 Å². The molecule has 1 unspecified atom stereocenters. The minimum atomic E-state index is -3.87. The van der Waals surface area contributed by atoms with Crippen LogP contribution in [-0.4, -0.2) is 37.0 Å². The lowest BCUT2D eigenvalue weighted by atomic mass is 9.70. The van der Waals surface area contributed by atoms with E-state index >= 15 is 0 Å². The van der Waals surface area contributed by atoms with Gasteiger partial charge in [0.15, 0.2) is 0 Å². The number of nitrogens with zero attached hydrogens (tertiary/aromatic N) is 2. The Kier molecular flexibility index (Phi) is 4.79. The number of carbonyl (C=O) groups is 1. The lowest BCUT2D eigenvalue weighted by Crippen LogP contribution is -2.50. The average Bonchev–Trinajstić information content (AvgIpc) is 3.58. The molecule has 1 N–H and O–H groups in total. The van der Waals surface area contributed by atoms with Crippen LogP contribution in [0.15, 0.2) is 47.4 Å². The number of hydrogen-bond acceptors (Lipinski definition) is 5. The Balaban J connectivity index is 1.71. The van der Waals surface area contributed by atoms with E-state index in [-0.39, 0.29) is 27.8 Å². The lowest BCUT2D eigenvalue weighted by molar-refractivity contribution is 0.0696. The number of benzene rings is 2. The van der Waals surface area contributed by atoms with Gasteiger partial charge in [0.25, 0.3) is 10.0 Å². The molecule has 1 spiro atoms. The molecule has 6 nitrogen and oxygen atoms in total. The summed E-state index contributed by atoms with van der Waals surface area (Å²) in [5, 5.41) is 18.7. The summed E-state index contributed by atoms with van der Waals surface area (Å²) < 4.78 is 29.4. The Labute approximate surface area is 185 Å². The molecule has 5 rings (SSSR count). The molecule has 8 heteroatoms. The number of carboxylic acid groups (broad SMARTS) is 1. The van der Waals surface area contributed by atoms with Crippen LogP contribution in [0.3, 0.4) is 0 Å². The van der Waals surface area contributed by atoms with Gasteiger partial charge in [0.05, 0.1) is 33.8 Å². The molecule has 1 saturated carbocycles. The topological polar surface area (TPSA) is 98.5 Å². The van der Waals surface area contributed by atoms with Crippen molar-refractivity contribution in [2.24, 2.45) is 5.92 Å². The Morgan fingerprint density at radius 1 is 1.13 bits per heavy atom. The number of carboxylic acids is 1. The maximum atomic E-state index is 13.9. The highest BCUT2D eigenvalue weighted by molar-refractivity contribution is 7.99. The van der Waals surface area contributed by atoms with Crippen molar-refractivity contribution in [1.82, 2.24) is 0 Å². The van der Waals surface area contributed by atoms with E-state index in [0.29, 0.717) is 11.3 Å². The van der Waals surface area contributed by atoms with E-state index in [1.807, 2.05) is 17.8 Å². The van der Waals surface area contributed by atoms with E-state index in [9.17, 15) is 18.3 Å². The molecule has 2 aromatic rings. The minimum Gasteiger partial charge on any atom is -0.478 e. The van der Waals surface area contributed by atoms with Gasteiger partial charge in [0.2, 0.25) is 0 Å². The lowest BCUT2D eigenvalue weighted by Gasteiger charge is -2.41. The summed E-state index contributed by atoms with van der Waals surface area (Å²) in [5.74, 6) is 1.14. The summed E-state index contributed by atoms with van der Waals surface area (Å²) in [6.07, 6.45) is 3.65. The Morgan fingerprint density at radius 3 is 2.39 bits per heavy atom. The fourth-order valence-corrected chi connectivity index (χ4v) is 8.26. The zero-order valence-electron chi connectivity index (χ0n) is 16.8. The highest BCUT2D eigenvalue weighted by atomic mass is 32.2. The predicted octanol–water partition coefficient (Wildman–Crippen LogP) is 4.01. The summed E-state index contributed by atoms with van der Waals surface area (Å²) in [4.78, 5) is 11.9. The second-order valence-corrected chi connectivity index (χ2v) is 11.6. The quantitative estimate of drug-likeness (QED) is 0.750. The molecule has 1 aliphatic carbocycles. The second kappa shape index (κ2) is 7.28. The third kappa shape index (κ3) is 3.14. The van der Waals surface area contributed by atoms with Gasteiger partial charge >= 0.3 is 5.97 Å². The molecule has 0 aromatic heterocycles. The number of anilines is 1. The third-order valence-corrected chi connectivity index (χ3v) is 9.63. The van der Waals surface area contributed by atoms with E-state index in [0.717, 1.165) is 42.8 Å². The first kappa shape index (κ1) is 20.4. The number of hydrogen-bond donors (Lipinski definition) is 1. The zero-order chi connectivity index (χ0) is 21.8. The molecule has 2 aliphatic heterocycles. The van der Waals surface area contributed by atoms with E-state index in [2.05, 4.69) is 0 Å². The van der Waals surface area contributed by atoms with Crippen molar-refractivity contribution in [2.75, 3.05) is 15.8 Å². The first-order chi connectivity index (χ1) is 14.9. The molecular weight excluding hydrogens is 432 g/mol. The molecule has 0 amide bonds. The van der Waals surface area contributed by atoms with Gasteiger partial charge in [-0.1, -0.05) is 0 Å². The first-order valence-corrected chi connectivity index (χ1v) is 13.0. The van der Waals surface area contributed by atoms with Crippen molar-refractivity contribution in [3.63, 3.8) is 0 Å². The Morgan fingerprint density at radius 2 is 1.81 bits per heavy atom. The number of nitriles is 1. The SMILES string of the molecule is N#Cc1ccc(S(=O)(=O)N2c3ccc(C(=O)O)cc3C3(CCSCC3)C2C2CC2)cc1. The predicted molar refractivity (Wildman–Crippen MR) is 119 cm³/mol. The molecule has 1 atom stereocenters. The third-order valence-electron chi connectivity index (χ3n) is 6.83. The molecule has 2 fully saturated rings. The van der Waals surface area contributed by atoms with Gasteiger partial charge in [-0.2, -0.15) is 17.0 Å². The second-order valence-electron chi connectivity index (χ2n) is 8.52. The largest absolute Gasteiger partial charge is 0.478 e. The molecule has 31 heavy (non-hydrogen) atoms. The standard InChI is InChI=1S/C23H22N2O4S2/c24-14-15-1-6-18(7-2-15)31(28,29)25-20-8-5-17(22(26)27)13-19(20)23(9-11-30-12-10-23)21(25)16-3-4-16/h1-2,5-8,13,16,21H,3-4,9-12H2,(H,26,27). The van der Waals surface area contributed by atoms with Crippen LogP contribution < -0.4 is 4.31 Å². The van der Waals surface area contributed by atoms with E-state index in [4.69, 9.17) is 5.26 Å². The van der Waals surface area contributed by atoms with Crippen molar-refractivity contribution in [3.8, 4) is 6.07 Å². The summed E-state index contributed by atoms with van der Waals surface area (Å²) in [6.45, 7) is 0. The van der Waals surface area contributed by atoms with Gasteiger partial charge in [-0.15, -0.1) is 0 Å². The Hall–Kier alpha value is -2.50. The number of thioether (sulfide) groups is 1. The summed E-state index contributed by atoms with van der Waals surface area (Å²) in [5.41, 5.74) is 1.72. The van der Waals surface area contributed by atoms with Gasteiger partial charge < -0.3 is 5.11 Å². The van der Waals surface area contributed by atoms with Crippen molar-refractivity contribution < 1.29 is 18.3 Å². The summed E-state index contributed by atoms with van der Waals surface area (Å²) in [7, 11) is -3.87. The van der Waals surface area contributed by atoms with Crippen LogP contribution in [0, 0.1) is 17.2 Å². The van der Waals surface area contributed by atoms with Gasteiger partial charge in [0.1, 0.15) is 0 Å². The van der Waals surface area contributed by atoms with Gasteiger partial charge in [-0.05, 0) is 91.1 Å². The molecule has 2 aromatic carbocycles. The van der Waals surface area contributed by atoms with Gasteiger partial charge in [-0.25, -0.2) is 13.2 Å². The maximum absolute atomic E-state index is 13.9. The van der Waals surface area contributed by atoms with Crippen LogP contribution in [0.4, 0.5) is 5.69 Å². The normalized spacial score (nSPS) is 22.2. The van der Waals surface area contributed by atoms with Crippen LogP contribution in [0.5, 0.6) is 0 Å². The fourth-order valence-electron chi connectivity index (χ4n) is 5.24. The van der Waals surface area contributed by atoms with E-state index < -0.39 is 16.0 Å². The molecule has 160 valence electrons. The molecule has 0 radical (unpaired) electrons. The average molecular weight is 455 g/mol. The Bertz CT molecular complexity index is 1190. The van der Waals surface area contributed by atoms with Crippen LogP contribution in [-0.2, 0) is 15.4 Å². The highest BCUT2D eigenvalue weighted by Gasteiger charge is 2.59. The number of aromatic carboxylic acids is 1. The van der Waals surface area contributed by atoms with Crippen LogP contribution in [0.2, 0.25) is 0 Å². The molecule has 1 saturated heterocycles. The molecule has 2 heterocycles. The summed E-state index contributed by atoms with van der Waals surface area (Å²) >= 11 is 1.87. The van der Waals surface area contributed by atoms with Crippen molar-refractivity contribution >= 4 is 33.4 Å². The van der Waals surface area contributed by atoms with Gasteiger partial charge in [-0.3, -0.25) is 4.31 Å². The van der Waals surface area contributed by atoms with Crippen LogP contribution in [0.25, 0.3) is 0 Å². The number of sulfonamides is 1. The van der Waals surface area contributed by atoms with Gasteiger partial charge in [0, 0.05) is 5.41 Å². The maximum Gasteiger partial charge on any atom is 0.335 e. The highest BCUT2D eigenvalue weighted by Crippen LogP contribution is 2.59. The first-order valence-electron chi connectivity index (χ1n) is 10.4. The van der Waals surface area contributed by atoms with Crippen molar-refractivity contribution in [2.45, 2.75) is 42.0 Å². The zero-order valence-corrected chi connectivity index (χ0v) is 18.5. The molecular formula is C23H22N2O4S2. The molecule has 3 aliphatic rings.